The summed E-state index contributed by atoms with van der Waals surface area (Å²) in [6.07, 6.45) is 7.92. The zero-order chi connectivity index (χ0) is 10.9. The van der Waals surface area contributed by atoms with Crippen LogP contribution in [0.25, 0.3) is 0 Å². The maximum atomic E-state index is 6.37. The van der Waals surface area contributed by atoms with Crippen LogP contribution in [-0.2, 0) is 0 Å². The molecule has 1 aromatic rings. The van der Waals surface area contributed by atoms with Gasteiger partial charge in [0.2, 0.25) is 0 Å². The summed E-state index contributed by atoms with van der Waals surface area (Å²) in [7, 11) is 0. The molecule has 0 aromatic carbocycles. The zero-order valence-corrected chi connectivity index (χ0v) is 10.7. The van der Waals surface area contributed by atoms with Gasteiger partial charge in [0.1, 0.15) is 5.76 Å². The molecule has 1 aliphatic carbocycles. The molecule has 0 bridgehead atoms. The maximum Gasteiger partial charge on any atom is 0.135 e. The highest BCUT2D eigenvalue weighted by Crippen LogP contribution is 2.50. The van der Waals surface area contributed by atoms with Crippen LogP contribution in [0.15, 0.2) is 21.2 Å². The minimum Gasteiger partial charge on any atom is -0.466 e. The summed E-state index contributed by atoms with van der Waals surface area (Å²) in [5.74, 6) is 0.916. The quantitative estimate of drug-likeness (QED) is 0.902. The molecule has 2 nitrogen and oxygen atoms in total. The molecular formula is C12H18BrNO. The summed E-state index contributed by atoms with van der Waals surface area (Å²) in [5.41, 5.74) is 6.63. The maximum absolute atomic E-state index is 6.37. The molecule has 1 aliphatic rings. The van der Waals surface area contributed by atoms with E-state index in [1.807, 2.05) is 6.07 Å². The lowest BCUT2D eigenvalue weighted by Gasteiger charge is -2.33. The minimum absolute atomic E-state index is 0.0365. The summed E-state index contributed by atoms with van der Waals surface area (Å²) >= 11 is 3.49. The standard InChI is InChI=1S/C12H18BrNO/c1-2-12(6-3-4-7-12)11(14)10-9(13)5-8-15-10/h5,8,11H,2-4,6-7,14H2,1H3. The lowest BCUT2D eigenvalue weighted by Crippen LogP contribution is -2.31. The second-order valence-electron chi connectivity index (χ2n) is 4.53. The van der Waals surface area contributed by atoms with Crippen molar-refractivity contribution >= 4 is 15.9 Å². The first-order valence-electron chi connectivity index (χ1n) is 5.68. The summed E-state index contributed by atoms with van der Waals surface area (Å²) in [5, 5.41) is 0. The normalized spacial score (nSPS) is 21.8. The van der Waals surface area contributed by atoms with Gasteiger partial charge < -0.3 is 10.2 Å². The molecule has 1 unspecified atom stereocenters. The van der Waals surface area contributed by atoms with Gasteiger partial charge >= 0.3 is 0 Å². The molecule has 0 radical (unpaired) electrons. The molecule has 0 spiro atoms. The van der Waals surface area contributed by atoms with Crippen molar-refractivity contribution in [1.82, 2.24) is 0 Å². The van der Waals surface area contributed by atoms with Gasteiger partial charge in [-0.25, -0.2) is 0 Å². The van der Waals surface area contributed by atoms with Gasteiger partial charge in [0, 0.05) is 0 Å². The molecule has 15 heavy (non-hydrogen) atoms. The summed E-state index contributed by atoms with van der Waals surface area (Å²) in [6, 6.07) is 1.96. The van der Waals surface area contributed by atoms with E-state index in [1.165, 1.54) is 25.7 Å². The average molecular weight is 272 g/mol. The van der Waals surface area contributed by atoms with Gasteiger partial charge in [0.15, 0.2) is 0 Å². The first-order chi connectivity index (χ1) is 7.19. The fourth-order valence-electron chi connectivity index (χ4n) is 2.77. The summed E-state index contributed by atoms with van der Waals surface area (Å²) in [4.78, 5) is 0. The predicted molar refractivity (Wildman–Crippen MR) is 64.5 cm³/mol. The molecule has 0 aliphatic heterocycles. The third-order valence-corrected chi connectivity index (χ3v) is 4.55. The first kappa shape index (κ1) is 11.2. The summed E-state index contributed by atoms with van der Waals surface area (Å²) in [6.45, 7) is 2.24. The molecular weight excluding hydrogens is 254 g/mol. The van der Waals surface area contributed by atoms with Crippen molar-refractivity contribution in [3.63, 3.8) is 0 Å². The lowest BCUT2D eigenvalue weighted by atomic mass is 9.76. The molecule has 0 amide bonds. The van der Waals surface area contributed by atoms with E-state index in [1.54, 1.807) is 6.26 Å². The van der Waals surface area contributed by atoms with Crippen molar-refractivity contribution in [3.8, 4) is 0 Å². The Hall–Kier alpha value is -0.280. The van der Waals surface area contributed by atoms with Gasteiger partial charge in [-0.05, 0) is 46.7 Å². The average Bonchev–Trinajstić information content (AvgIpc) is 2.86. The van der Waals surface area contributed by atoms with E-state index in [4.69, 9.17) is 10.2 Å². The largest absolute Gasteiger partial charge is 0.466 e. The minimum atomic E-state index is 0.0365. The van der Waals surface area contributed by atoms with Crippen molar-refractivity contribution in [2.75, 3.05) is 0 Å². The van der Waals surface area contributed by atoms with E-state index in [9.17, 15) is 0 Å². The van der Waals surface area contributed by atoms with Crippen molar-refractivity contribution < 1.29 is 4.42 Å². The first-order valence-corrected chi connectivity index (χ1v) is 6.47. The molecule has 3 heteroatoms. The Kier molecular flexibility index (Phi) is 3.21. The second kappa shape index (κ2) is 4.30. The van der Waals surface area contributed by atoms with Crippen LogP contribution in [0, 0.1) is 5.41 Å². The second-order valence-corrected chi connectivity index (χ2v) is 5.39. The third kappa shape index (κ3) is 1.87. The van der Waals surface area contributed by atoms with Crippen LogP contribution in [0.4, 0.5) is 0 Å². The smallest absolute Gasteiger partial charge is 0.135 e. The fourth-order valence-corrected chi connectivity index (χ4v) is 3.22. The summed E-state index contributed by atoms with van der Waals surface area (Å²) < 4.78 is 6.50. The van der Waals surface area contributed by atoms with Crippen molar-refractivity contribution in [3.05, 3.63) is 22.6 Å². The zero-order valence-electron chi connectivity index (χ0n) is 9.13. The lowest BCUT2D eigenvalue weighted by molar-refractivity contribution is 0.198. The van der Waals surface area contributed by atoms with E-state index >= 15 is 0 Å². The van der Waals surface area contributed by atoms with E-state index < -0.39 is 0 Å². The molecule has 1 aromatic heterocycles. The molecule has 1 saturated carbocycles. The van der Waals surface area contributed by atoms with Crippen molar-refractivity contribution in [1.29, 1.82) is 0 Å². The van der Waals surface area contributed by atoms with Gasteiger partial charge in [-0.15, -0.1) is 0 Å². The van der Waals surface area contributed by atoms with E-state index in [0.29, 0.717) is 0 Å². The van der Waals surface area contributed by atoms with Gasteiger partial charge in [-0.1, -0.05) is 19.8 Å². The van der Waals surface area contributed by atoms with Crippen LogP contribution >= 0.6 is 15.9 Å². The molecule has 1 atom stereocenters. The van der Waals surface area contributed by atoms with Crippen LogP contribution in [0.3, 0.4) is 0 Å². The Bertz CT molecular complexity index is 328. The highest BCUT2D eigenvalue weighted by molar-refractivity contribution is 9.10. The van der Waals surface area contributed by atoms with Crippen LogP contribution in [0.2, 0.25) is 0 Å². The Balaban J connectivity index is 2.26. The Morgan fingerprint density at radius 3 is 2.67 bits per heavy atom. The molecule has 2 N–H and O–H groups in total. The van der Waals surface area contributed by atoms with Gasteiger partial charge in [0.05, 0.1) is 16.8 Å². The highest BCUT2D eigenvalue weighted by Gasteiger charge is 2.40. The van der Waals surface area contributed by atoms with Crippen LogP contribution in [-0.4, -0.2) is 0 Å². The van der Waals surface area contributed by atoms with E-state index in [-0.39, 0.29) is 11.5 Å². The van der Waals surface area contributed by atoms with Crippen molar-refractivity contribution in [2.45, 2.75) is 45.1 Å². The Morgan fingerprint density at radius 2 is 2.20 bits per heavy atom. The number of halogens is 1. The predicted octanol–water partition coefficient (Wildman–Crippen LogP) is 4.01. The van der Waals surface area contributed by atoms with E-state index in [0.717, 1.165) is 16.7 Å². The number of furan rings is 1. The van der Waals surface area contributed by atoms with Crippen LogP contribution < -0.4 is 5.73 Å². The van der Waals surface area contributed by atoms with Crippen molar-refractivity contribution in [2.24, 2.45) is 11.1 Å². The topological polar surface area (TPSA) is 39.2 Å². The molecule has 0 saturated heterocycles. The number of hydrogen-bond donors (Lipinski definition) is 1. The van der Waals surface area contributed by atoms with E-state index in [2.05, 4.69) is 22.9 Å². The molecule has 84 valence electrons. The molecule has 1 heterocycles. The van der Waals surface area contributed by atoms with Crippen LogP contribution in [0.5, 0.6) is 0 Å². The number of nitrogens with two attached hydrogens (primary N) is 1. The SMILES string of the molecule is CCC1(C(N)c2occc2Br)CCCC1. The number of rotatable bonds is 3. The van der Waals surface area contributed by atoms with Gasteiger partial charge in [-0.3, -0.25) is 0 Å². The van der Waals surface area contributed by atoms with Crippen LogP contribution in [0.1, 0.15) is 50.8 Å². The molecule has 1 fully saturated rings. The fraction of sp³-hybridized carbons (Fsp3) is 0.667. The number of hydrogen-bond acceptors (Lipinski definition) is 2. The monoisotopic (exact) mass is 271 g/mol. The molecule has 2 rings (SSSR count). The third-order valence-electron chi connectivity index (χ3n) is 3.89. The Morgan fingerprint density at radius 1 is 1.53 bits per heavy atom. The van der Waals surface area contributed by atoms with Gasteiger partial charge in [-0.2, -0.15) is 0 Å². The van der Waals surface area contributed by atoms with Gasteiger partial charge in [0.25, 0.3) is 0 Å². The Labute approximate surface area is 99.3 Å². The highest BCUT2D eigenvalue weighted by atomic mass is 79.9.